The zero-order valence-corrected chi connectivity index (χ0v) is 12.2. The lowest BCUT2D eigenvalue weighted by Gasteiger charge is -2.32. The van der Waals surface area contributed by atoms with Crippen LogP contribution in [-0.2, 0) is 4.79 Å². The van der Waals surface area contributed by atoms with Gasteiger partial charge in [0.1, 0.15) is 0 Å². The summed E-state index contributed by atoms with van der Waals surface area (Å²) in [7, 11) is 1.91. The summed E-state index contributed by atoms with van der Waals surface area (Å²) in [4.78, 5) is 13.9. The van der Waals surface area contributed by atoms with Gasteiger partial charge in [0.05, 0.1) is 11.6 Å². The molecule has 0 radical (unpaired) electrons. The minimum atomic E-state index is -0.582. The Morgan fingerprint density at radius 2 is 1.89 bits per heavy atom. The van der Waals surface area contributed by atoms with E-state index in [0.717, 1.165) is 25.7 Å². The van der Waals surface area contributed by atoms with E-state index in [0.29, 0.717) is 19.0 Å². The number of carbonyl (C=O) groups excluding carboxylic acids is 1. The summed E-state index contributed by atoms with van der Waals surface area (Å²) in [5.41, 5.74) is -0.582. The largest absolute Gasteiger partial charge is 0.389 e. The predicted octanol–water partition coefficient (Wildman–Crippen LogP) is 1.38. The van der Waals surface area contributed by atoms with Gasteiger partial charge in [-0.3, -0.25) is 9.69 Å². The van der Waals surface area contributed by atoms with Gasteiger partial charge in [0.25, 0.3) is 0 Å². The Morgan fingerprint density at radius 1 is 1.33 bits per heavy atom. The Labute approximate surface area is 111 Å². The molecule has 0 aromatic rings. The van der Waals surface area contributed by atoms with Crippen LogP contribution in [0.2, 0.25) is 0 Å². The van der Waals surface area contributed by atoms with Gasteiger partial charge in [0, 0.05) is 13.1 Å². The van der Waals surface area contributed by atoms with Crippen molar-refractivity contribution in [3.63, 3.8) is 0 Å². The highest BCUT2D eigenvalue weighted by molar-refractivity contribution is 5.81. The highest BCUT2D eigenvalue weighted by atomic mass is 16.3. The summed E-state index contributed by atoms with van der Waals surface area (Å²) in [5.74, 6) is 0.512. The fourth-order valence-electron chi connectivity index (χ4n) is 2.44. The van der Waals surface area contributed by atoms with Crippen LogP contribution in [0.3, 0.4) is 0 Å². The number of hydrogen-bond donors (Lipinski definition) is 2. The Balaban J connectivity index is 2.40. The van der Waals surface area contributed by atoms with E-state index in [1.807, 2.05) is 18.9 Å². The SMILES string of the molecule is CC(C)CNC(=O)C(C)N(C)CC1(O)CCCC1. The van der Waals surface area contributed by atoms with E-state index in [1.54, 1.807) is 0 Å². The Hall–Kier alpha value is -0.610. The molecule has 1 aliphatic carbocycles. The quantitative estimate of drug-likeness (QED) is 0.755. The zero-order chi connectivity index (χ0) is 13.8. The number of likely N-dealkylation sites (N-methyl/N-ethyl adjacent to an activating group) is 1. The van der Waals surface area contributed by atoms with Crippen LogP contribution in [0, 0.1) is 5.92 Å². The van der Waals surface area contributed by atoms with Crippen molar-refractivity contribution in [1.29, 1.82) is 0 Å². The lowest BCUT2D eigenvalue weighted by atomic mass is 10.0. The molecule has 1 amide bonds. The Kier molecular flexibility index (Phi) is 5.60. The molecule has 0 aliphatic heterocycles. The van der Waals surface area contributed by atoms with Gasteiger partial charge in [-0.2, -0.15) is 0 Å². The number of carbonyl (C=O) groups is 1. The van der Waals surface area contributed by atoms with E-state index in [-0.39, 0.29) is 11.9 Å². The molecule has 2 N–H and O–H groups in total. The van der Waals surface area contributed by atoms with E-state index in [2.05, 4.69) is 19.2 Å². The van der Waals surface area contributed by atoms with Crippen molar-refractivity contribution in [1.82, 2.24) is 10.2 Å². The molecular formula is C14H28N2O2. The second-order valence-electron chi connectivity index (χ2n) is 6.16. The normalized spacial score (nSPS) is 20.4. The van der Waals surface area contributed by atoms with Crippen molar-refractivity contribution < 1.29 is 9.90 Å². The molecule has 0 heterocycles. The summed E-state index contributed by atoms with van der Waals surface area (Å²) >= 11 is 0. The molecule has 0 saturated heterocycles. The van der Waals surface area contributed by atoms with Crippen molar-refractivity contribution in [2.45, 2.75) is 58.1 Å². The third-order valence-corrected chi connectivity index (χ3v) is 3.80. The standard InChI is InChI=1S/C14H28N2O2/c1-11(2)9-15-13(17)12(3)16(4)10-14(18)7-5-6-8-14/h11-12,18H,5-10H2,1-4H3,(H,15,17). The van der Waals surface area contributed by atoms with Gasteiger partial charge in [0.2, 0.25) is 5.91 Å². The average molecular weight is 256 g/mol. The summed E-state index contributed by atoms with van der Waals surface area (Å²) in [6.07, 6.45) is 3.91. The molecule has 1 aliphatic rings. The van der Waals surface area contributed by atoms with Crippen molar-refractivity contribution in [2.24, 2.45) is 5.92 Å². The maximum atomic E-state index is 11.9. The Morgan fingerprint density at radius 3 is 2.39 bits per heavy atom. The topological polar surface area (TPSA) is 52.6 Å². The van der Waals surface area contributed by atoms with Crippen LogP contribution >= 0.6 is 0 Å². The monoisotopic (exact) mass is 256 g/mol. The van der Waals surface area contributed by atoms with Crippen molar-refractivity contribution in [3.8, 4) is 0 Å². The van der Waals surface area contributed by atoms with E-state index < -0.39 is 5.60 Å². The summed E-state index contributed by atoms with van der Waals surface area (Å²) in [6, 6.07) is -0.187. The number of amides is 1. The second kappa shape index (κ2) is 6.53. The van der Waals surface area contributed by atoms with Gasteiger partial charge in [-0.05, 0) is 32.7 Å². The van der Waals surface area contributed by atoms with Gasteiger partial charge in [-0.15, -0.1) is 0 Å². The fourth-order valence-corrected chi connectivity index (χ4v) is 2.44. The molecule has 4 nitrogen and oxygen atoms in total. The molecule has 0 bridgehead atoms. The first-order chi connectivity index (χ1) is 8.34. The molecule has 1 saturated carbocycles. The molecule has 4 heteroatoms. The van der Waals surface area contributed by atoms with Crippen LogP contribution in [0.4, 0.5) is 0 Å². The highest BCUT2D eigenvalue weighted by Crippen LogP contribution is 2.30. The molecule has 18 heavy (non-hydrogen) atoms. The van der Waals surface area contributed by atoms with Gasteiger partial charge in [-0.1, -0.05) is 26.7 Å². The first-order valence-electron chi connectivity index (χ1n) is 7.04. The molecule has 1 rings (SSSR count). The third-order valence-electron chi connectivity index (χ3n) is 3.80. The lowest BCUT2D eigenvalue weighted by Crippen LogP contribution is -2.49. The van der Waals surface area contributed by atoms with E-state index in [4.69, 9.17) is 0 Å². The molecular weight excluding hydrogens is 228 g/mol. The maximum absolute atomic E-state index is 11.9. The van der Waals surface area contributed by atoms with Gasteiger partial charge >= 0.3 is 0 Å². The number of aliphatic hydroxyl groups is 1. The average Bonchev–Trinajstić information content (AvgIpc) is 2.71. The minimum Gasteiger partial charge on any atom is -0.389 e. The smallest absolute Gasteiger partial charge is 0.237 e. The van der Waals surface area contributed by atoms with Crippen molar-refractivity contribution in [3.05, 3.63) is 0 Å². The fraction of sp³-hybridized carbons (Fsp3) is 0.929. The van der Waals surface area contributed by atoms with E-state index >= 15 is 0 Å². The van der Waals surface area contributed by atoms with Crippen LogP contribution in [0.5, 0.6) is 0 Å². The van der Waals surface area contributed by atoms with E-state index in [1.165, 1.54) is 0 Å². The van der Waals surface area contributed by atoms with Crippen LogP contribution in [-0.4, -0.2) is 47.7 Å². The van der Waals surface area contributed by atoms with Crippen molar-refractivity contribution >= 4 is 5.91 Å². The number of rotatable bonds is 6. The van der Waals surface area contributed by atoms with Crippen LogP contribution in [0.1, 0.15) is 46.5 Å². The minimum absolute atomic E-state index is 0.0489. The van der Waals surface area contributed by atoms with Crippen LogP contribution in [0.15, 0.2) is 0 Å². The van der Waals surface area contributed by atoms with Crippen molar-refractivity contribution in [2.75, 3.05) is 20.1 Å². The third kappa shape index (κ3) is 4.58. The molecule has 0 aromatic heterocycles. The highest BCUT2D eigenvalue weighted by Gasteiger charge is 2.34. The zero-order valence-electron chi connectivity index (χ0n) is 12.2. The van der Waals surface area contributed by atoms with Crippen LogP contribution < -0.4 is 5.32 Å². The summed E-state index contributed by atoms with van der Waals surface area (Å²) < 4.78 is 0. The molecule has 1 fully saturated rings. The molecule has 1 unspecified atom stereocenters. The number of nitrogens with zero attached hydrogens (tertiary/aromatic N) is 1. The molecule has 0 spiro atoms. The number of nitrogens with one attached hydrogen (secondary N) is 1. The Bertz CT molecular complexity index is 273. The first-order valence-corrected chi connectivity index (χ1v) is 7.04. The molecule has 106 valence electrons. The molecule has 0 aromatic carbocycles. The summed E-state index contributed by atoms with van der Waals surface area (Å²) in [6.45, 7) is 7.35. The van der Waals surface area contributed by atoms with Gasteiger partial charge < -0.3 is 10.4 Å². The first kappa shape index (κ1) is 15.4. The maximum Gasteiger partial charge on any atom is 0.237 e. The lowest BCUT2D eigenvalue weighted by molar-refractivity contribution is -0.126. The summed E-state index contributed by atoms with van der Waals surface area (Å²) in [5, 5.41) is 13.3. The molecule has 1 atom stereocenters. The van der Waals surface area contributed by atoms with Crippen LogP contribution in [0.25, 0.3) is 0 Å². The number of hydrogen-bond acceptors (Lipinski definition) is 3. The predicted molar refractivity (Wildman–Crippen MR) is 73.4 cm³/mol. The van der Waals surface area contributed by atoms with E-state index in [9.17, 15) is 9.90 Å². The second-order valence-corrected chi connectivity index (χ2v) is 6.16. The van der Waals surface area contributed by atoms with Gasteiger partial charge in [0.15, 0.2) is 0 Å². The van der Waals surface area contributed by atoms with Gasteiger partial charge in [-0.25, -0.2) is 0 Å².